The molecule has 11 nitrogen and oxygen atoms in total. The van der Waals surface area contributed by atoms with Crippen molar-refractivity contribution in [2.45, 2.75) is 69.1 Å². The fraction of sp³-hybridized carbons (Fsp3) is 0.800. The first-order chi connectivity index (χ1) is 15.7. The molecule has 0 aliphatic heterocycles. The number of carboxylic acid groups (broad SMARTS) is 1. The first kappa shape index (κ1) is 31.5. The summed E-state index contributed by atoms with van der Waals surface area (Å²) in [5.74, 6) is -2.27. The summed E-state index contributed by atoms with van der Waals surface area (Å²) in [6, 6.07) is -3.82. The van der Waals surface area contributed by atoms with Crippen molar-refractivity contribution in [1.29, 1.82) is 0 Å². The number of carbonyl (C=O) groups is 4. The predicted octanol–water partition coefficient (Wildman–Crippen LogP) is -1.21. The first-order valence-electron chi connectivity index (χ1n) is 11.1. The van der Waals surface area contributed by atoms with Gasteiger partial charge in [-0.3, -0.25) is 14.4 Å². The molecule has 0 fully saturated rings. The van der Waals surface area contributed by atoms with Crippen molar-refractivity contribution in [2.75, 3.05) is 30.9 Å². The van der Waals surface area contributed by atoms with Crippen LogP contribution < -0.4 is 33.2 Å². The van der Waals surface area contributed by atoms with Gasteiger partial charge in [-0.25, -0.2) is 4.79 Å². The molecular formula is C20H40N6O5S2. The van der Waals surface area contributed by atoms with Crippen LogP contribution in [0.4, 0.5) is 0 Å². The lowest BCUT2D eigenvalue weighted by atomic mass is 10.1. The molecule has 0 saturated heterocycles. The van der Waals surface area contributed by atoms with Crippen LogP contribution >= 0.6 is 24.4 Å². The minimum atomic E-state index is -1.15. The molecule has 3 amide bonds. The molecule has 10 N–H and O–H groups in total. The maximum atomic E-state index is 12.8. The van der Waals surface area contributed by atoms with Gasteiger partial charge in [-0.05, 0) is 63.6 Å². The minimum Gasteiger partial charge on any atom is -0.480 e. The summed E-state index contributed by atoms with van der Waals surface area (Å²) in [6.45, 7) is 0.936. The maximum Gasteiger partial charge on any atom is 0.326 e. The van der Waals surface area contributed by atoms with Crippen molar-refractivity contribution in [2.24, 2.45) is 17.2 Å². The molecule has 4 unspecified atom stereocenters. The normalized spacial score (nSPS) is 14.6. The fourth-order valence-electron chi connectivity index (χ4n) is 2.91. The van der Waals surface area contributed by atoms with Crippen LogP contribution in [0, 0.1) is 0 Å². The van der Waals surface area contributed by atoms with Gasteiger partial charge in [0.2, 0.25) is 17.7 Å². The number of rotatable bonds is 19. The van der Waals surface area contributed by atoms with E-state index in [0.717, 1.165) is 6.42 Å². The standard InChI is InChI=1S/C20H40N6O5S2/c1-33-11-8-14(18(28)25-15(20(30)31)7-3-5-10-22)24-19(29)16(12-32)26-17(27)13(23)6-2-4-9-21/h13-16,32H,2-12,21-23H2,1H3,(H,24,29)(H,25,28)(H,26,27)(H,30,31). The van der Waals surface area contributed by atoms with Gasteiger partial charge in [0, 0.05) is 5.75 Å². The van der Waals surface area contributed by atoms with Gasteiger partial charge in [0.25, 0.3) is 0 Å². The Morgan fingerprint density at radius 1 is 0.818 bits per heavy atom. The lowest BCUT2D eigenvalue weighted by Gasteiger charge is -2.24. The highest BCUT2D eigenvalue weighted by Gasteiger charge is 2.29. The monoisotopic (exact) mass is 508 g/mol. The Bertz CT molecular complexity index is 613. The molecule has 0 aromatic rings. The zero-order valence-corrected chi connectivity index (χ0v) is 21.0. The van der Waals surface area contributed by atoms with Gasteiger partial charge < -0.3 is 38.3 Å². The average Bonchev–Trinajstić information content (AvgIpc) is 2.78. The molecule has 0 heterocycles. The third-order valence-corrected chi connectivity index (χ3v) is 5.94. The van der Waals surface area contributed by atoms with Crippen LogP contribution in [0.5, 0.6) is 0 Å². The Morgan fingerprint density at radius 2 is 1.33 bits per heavy atom. The molecule has 0 aromatic heterocycles. The van der Waals surface area contributed by atoms with E-state index in [0.29, 0.717) is 50.9 Å². The van der Waals surface area contributed by atoms with Crippen molar-refractivity contribution >= 4 is 48.1 Å². The van der Waals surface area contributed by atoms with E-state index in [9.17, 15) is 24.3 Å². The molecule has 0 aliphatic carbocycles. The molecule has 4 atom stereocenters. The summed E-state index contributed by atoms with van der Waals surface area (Å²) in [5, 5.41) is 17.1. The van der Waals surface area contributed by atoms with E-state index in [1.54, 1.807) is 0 Å². The maximum absolute atomic E-state index is 12.8. The van der Waals surface area contributed by atoms with Gasteiger partial charge in [0.05, 0.1) is 6.04 Å². The van der Waals surface area contributed by atoms with Crippen LogP contribution in [0.25, 0.3) is 0 Å². The van der Waals surface area contributed by atoms with Crippen molar-refractivity contribution < 1.29 is 24.3 Å². The molecule has 0 radical (unpaired) electrons. The minimum absolute atomic E-state index is 0.000793. The number of carboxylic acids is 1. The van der Waals surface area contributed by atoms with Crippen LogP contribution in [0.3, 0.4) is 0 Å². The highest BCUT2D eigenvalue weighted by Crippen LogP contribution is 2.06. The molecule has 13 heteroatoms. The van der Waals surface area contributed by atoms with Crippen molar-refractivity contribution in [3.63, 3.8) is 0 Å². The van der Waals surface area contributed by atoms with Gasteiger partial charge in [-0.1, -0.05) is 6.42 Å². The van der Waals surface area contributed by atoms with E-state index in [-0.39, 0.29) is 12.2 Å². The summed E-state index contributed by atoms with van der Waals surface area (Å²) >= 11 is 5.62. The summed E-state index contributed by atoms with van der Waals surface area (Å²) in [5.41, 5.74) is 16.7. The highest BCUT2D eigenvalue weighted by molar-refractivity contribution is 7.98. The van der Waals surface area contributed by atoms with Crippen LogP contribution in [0.15, 0.2) is 0 Å². The molecule has 192 valence electrons. The van der Waals surface area contributed by atoms with Gasteiger partial charge in [-0.15, -0.1) is 0 Å². The predicted molar refractivity (Wildman–Crippen MR) is 134 cm³/mol. The molecule has 0 aromatic carbocycles. The SMILES string of the molecule is CSCCC(NC(=O)C(CS)NC(=O)C(N)CCCCN)C(=O)NC(CCCCN)C(=O)O. The number of aliphatic carboxylic acids is 1. The Labute approximate surface area is 205 Å². The van der Waals surface area contributed by atoms with E-state index in [1.165, 1.54) is 11.8 Å². The largest absolute Gasteiger partial charge is 0.480 e. The lowest BCUT2D eigenvalue weighted by Crippen LogP contribution is -2.57. The summed E-state index contributed by atoms with van der Waals surface area (Å²) in [7, 11) is 0. The summed E-state index contributed by atoms with van der Waals surface area (Å²) in [4.78, 5) is 49.3. The van der Waals surface area contributed by atoms with Crippen LogP contribution in [0.2, 0.25) is 0 Å². The number of thiol groups is 1. The third-order valence-electron chi connectivity index (χ3n) is 4.93. The topological polar surface area (TPSA) is 203 Å². The summed E-state index contributed by atoms with van der Waals surface area (Å²) in [6.07, 6.45) is 5.44. The molecule has 0 bridgehead atoms. The van der Waals surface area contributed by atoms with Crippen molar-refractivity contribution in [3.05, 3.63) is 0 Å². The lowest BCUT2D eigenvalue weighted by molar-refractivity contribution is -0.142. The number of thioether (sulfide) groups is 1. The van der Waals surface area contributed by atoms with Crippen LogP contribution in [0.1, 0.15) is 44.9 Å². The molecular weight excluding hydrogens is 468 g/mol. The quantitative estimate of drug-likeness (QED) is 0.0778. The fourth-order valence-corrected chi connectivity index (χ4v) is 3.64. The highest BCUT2D eigenvalue weighted by atomic mass is 32.2. The number of carbonyl (C=O) groups excluding carboxylic acids is 3. The van der Waals surface area contributed by atoms with Crippen molar-refractivity contribution in [1.82, 2.24) is 16.0 Å². The third kappa shape index (κ3) is 13.7. The van der Waals surface area contributed by atoms with E-state index in [2.05, 4.69) is 28.6 Å². The summed E-state index contributed by atoms with van der Waals surface area (Å²) < 4.78 is 0. The molecule has 0 spiro atoms. The van der Waals surface area contributed by atoms with Gasteiger partial charge in [0.1, 0.15) is 18.1 Å². The second-order valence-electron chi connectivity index (χ2n) is 7.66. The van der Waals surface area contributed by atoms with Crippen molar-refractivity contribution in [3.8, 4) is 0 Å². The average molecular weight is 509 g/mol. The van der Waals surface area contributed by atoms with E-state index < -0.39 is 47.9 Å². The number of hydrogen-bond donors (Lipinski definition) is 8. The Balaban J connectivity index is 5.09. The molecule has 33 heavy (non-hydrogen) atoms. The van der Waals surface area contributed by atoms with E-state index in [4.69, 9.17) is 17.2 Å². The number of nitrogens with one attached hydrogen (secondary N) is 3. The Kier molecular flexibility index (Phi) is 18.0. The smallest absolute Gasteiger partial charge is 0.326 e. The van der Waals surface area contributed by atoms with Crippen LogP contribution in [-0.4, -0.2) is 83.8 Å². The number of unbranched alkanes of at least 4 members (excludes halogenated alkanes) is 2. The number of nitrogens with two attached hydrogens (primary N) is 3. The molecule has 0 saturated carbocycles. The van der Waals surface area contributed by atoms with E-state index >= 15 is 0 Å². The second-order valence-corrected chi connectivity index (χ2v) is 9.01. The first-order valence-corrected chi connectivity index (χ1v) is 13.1. The number of hydrogen-bond acceptors (Lipinski definition) is 9. The zero-order valence-electron chi connectivity index (χ0n) is 19.3. The van der Waals surface area contributed by atoms with Crippen LogP contribution in [-0.2, 0) is 19.2 Å². The van der Waals surface area contributed by atoms with Gasteiger partial charge in [-0.2, -0.15) is 24.4 Å². The van der Waals surface area contributed by atoms with E-state index in [1.807, 2.05) is 6.26 Å². The second kappa shape index (κ2) is 18.8. The van der Waals surface area contributed by atoms with Gasteiger partial charge >= 0.3 is 5.97 Å². The van der Waals surface area contributed by atoms with Gasteiger partial charge in [0.15, 0.2) is 0 Å². The Hall–Kier alpha value is -1.54. The molecule has 0 aliphatic rings. The molecule has 0 rings (SSSR count). The zero-order chi connectivity index (χ0) is 25.2. The Morgan fingerprint density at radius 3 is 1.85 bits per heavy atom. The number of amides is 3.